The molecular weight excluding hydrogens is 380 g/mol. The van der Waals surface area contributed by atoms with Crippen LogP contribution in [0.15, 0.2) is 35.1 Å². The topological polar surface area (TPSA) is 38.1 Å². The van der Waals surface area contributed by atoms with E-state index in [1.54, 1.807) is 11.1 Å². The number of carbonyl (C=O) groups excluding carboxylic acids is 1. The van der Waals surface area contributed by atoms with Crippen LogP contribution in [0, 0.1) is 11.6 Å². The van der Waals surface area contributed by atoms with Gasteiger partial charge in [0.25, 0.3) is 5.91 Å². The van der Waals surface area contributed by atoms with Gasteiger partial charge in [-0.2, -0.15) is 5.10 Å². The normalized spacial score (nSPS) is 26.0. The summed E-state index contributed by atoms with van der Waals surface area (Å²) in [4.78, 5) is 14.6. The van der Waals surface area contributed by atoms with Gasteiger partial charge in [0.15, 0.2) is 0 Å². The molecule has 1 aromatic carbocycles. The molecule has 3 heterocycles. The average molecular weight is 396 g/mol. The molecule has 0 aliphatic carbocycles. The molecule has 1 aromatic heterocycles. The molecule has 1 amide bonds. The van der Waals surface area contributed by atoms with E-state index in [2.05, 4.69) is 21.0 Å². The van der Waals surface area contributed by atoms with Crippen molar-refractivity contribution in [2.45, 2.75) is 43.8 Å². The molecule has 0 N–H and O–H groups in total. The number of carbonyl (C=O) groups is 1. The van der Waals surface area contributed by atoms with Gasteiger partial charge >= 0.3 is 0 Å². The lowest BCUT2D eigenvalue weighted by Gasteiger charge is -2.39. The summed E-state index contributed by atoms with van der Waals surface area (Å²) in [6.07, 6.45) is 7.14. The molecule has 24 heavy (non-hydrogen) atoms. The predicted molar refractivity (Wildman–Crippen MR) is 87.5 cm³/mol. The van der Waals surface area contributed by atoms with Crippen molar-refractivity contribution in [3.05, 3.63) is 52.3 Å². The van der Waals surface area contributed by atoms with Gasteiger partial charge in [-0.25, -0.2) is 8.78 Å². The Morgan fingerprint density at radius 2 is 1.88 bits per heavy atom. The van der Waals surface area contributed by atoms with Gasteiger partial charge in [-0.05, 0) is 53.7 Å². The second-order valence-electron chi connectivity index (χ2n) is 6.49. The van der Waals surface area contributed by atoms with Crippen LogP contribution in [0.25, 0.3) is 0 Å². The van der Waals surface area contributed by atoms with Crippen molar-refractivity contribution in [2.24, 2.45) is 0 Å². The zero-order valence-corrected chi connectivity index (χ0v) is 14.4. The van der Waals surface area contributed by atoms with Gasteiger partial charge in [-0.1, -0.05) is 0 Å². The van der Waals surface area contributed by atoms with Gasteiger partial charge < -0.3 is 4.90 Å². The number of piperidine rings is 1. The summed E-state index contributed by atoms with van der Waals surface area (Å²) in [7, 11) is 0. The lowest BCUT2D eigenvalue weighted by atomic mass is 9.96. The SMILES string of the molecule is O=C(c1ccc(F)cc1F)N1C2CCC1CC(n1cc(Br)cn1)C2. The van der Waals surface area contributed by atoms with Crippen LogP contribution < -0.4 is 0 Å². The molecule has 2 aliphatic rings. The van der Waals surface area contributed by atoms with Crippen molar-refractivity contribution in [1.29, 1.82) is 0 Å². The molecule has 4 nitrogen and oxygen atoms in total. The van der Waals surface area contributed by atoms with Crippen LogP contribution in [0.4, 0.5) is 8.78 Å². The number of amides is 1. The van der Waals surface area contributed by atoms with E-state index in [9.17, 15) is 13.6 Å². The largest absolute Gasteiger partial charge is 0.332 e. The van der Waals surface area contributed by atoms with Crippen LogP contribution in [0.3, 0.4) is 0 Å². The standard InChI is InChI=1S/C17H16BrF2N3O/c18-10-8-21-22(9-10)14-6-12-2-3-13(7-14)23(12)17(24)15-4-1-11(19)5-16(15)20/h1,4-5,8-9,12-14H,2-3,6-7H2. The highest BCUT2D eigenvalue weighted by atomic mass is 79.9. The minimum Gasteiger partial charge on any atom is -0.332 e. The van der Waals surface area contributed by atoms with E-state index in [4.69, 9.17) is 0 Å². The molecular formula is C17H16BrF2N3O. The number of rotatable bonds is 2. The first-order valence-corrected chi connectivity index (χ1v) is 8.79. The summed E-state index contributed by atoms with van der Waals surface area (Å²) in [5.41, 5.74) is -0.0476. The van der Waals surface area contributed by atoms with Crippen molar-refractivity contribution in [3.63, 3.8) is 0 Å². The van der Waals surface area contributed by atoms with Gasteiger partial charge in [0.2, 0.25) is 0 Å². The Bertz CT molecular complexity index is 780. The number of fused-ring (bicyclic) bond motifs is 2. The summed E-state index contributed by atoms with van der Waals surface area (Å²) < 4.78 is 29.9. The second-order valence-corrected chi connectivity index (χ2v) is 7.40. The number of nitrogens with zero attached hydrogens (tertiary/aromatic N) is 3. The third-order valence-corrected chi connectivity index (χ3v) is 5.46. The number of hydrogen-bond donors (Lipinski definition) is 0. The van der Waals surface area contributed by atoms with Crippen molar-refractivity contribution in [1.82, 2.24) is 14.7 Å². The van der Waals surface area contributed by atoms with Crippen molar-refractivity contribution >= 4 is 21.8 Å². The summed E-state index contributed by atoms with van der Waals surface area (Å²) in [6, 6.07) is 3.54. The van der Waals surface area contributed by atoms with E-state index >= 15 is 0 Å². The molecule has 2 fully saturated rings. The van der Waals surface area contributed by atoms with E-state index in [0.29, 0.717) is 0 Å². The van der Waals surface area contributed by atoms with Crippen LogP contribution in [0.5, 0.6) is 0 Å². The minimum atomic E-state index is -0.794. The highest BCUT2D eigenvalue weighted by Gasteiger charge is 2.44. The Balaban J connectivity index is 1.57. The summed E-state index contributed by atoms with van der Waals surface area (Å²) in [6.45, 7) is 0. The predicted octanol–water partition coefficient (Wildman–Crippen LogP) is 3.93. The first-order chi connectivity index (χ1) is 11.5. The Hall–Kier alpha value is -1.76. The highest BCUT2D eigenvalue weighted by Crippen LogP contribution is 2.41. The molecule has 2 saturated heterocycles. The number of benzene rings is 1. The summed E-state index contributed by atoms with van der Waals surface area (Å²) in [5.74, 6) is -1.80. The molecule has 2 bridgehead atoms. The van der Waals surface area contributed by atoms with Gasteiger partial charge in [-0.15, -0.1) is 0 Å². The molecule has 126 valence electrons. The maximum Gasteiger partial charge on any atom is 0.257 e. The van der Waals surface area contributed by atoms with E-state index in [-0.39, 0.29) is 29.6 Å². The summed E-state index contributed by atoms with van der Waals surface area (Å²) >= 11 is 3.40. The molecule has 0 saturated carbocycles. The maximum absolute atomic E-state index is 14.0. The smallest absolute Gasteiger partial charge is 0.257 e. The molecule has 2 aliphatic heterocycles. The maximum atomic E-state index is 14.0. The van der Waals surface area contributed by atoms with Crippen molar-refractivity contribution in [3.8, 4) is 0 Å². The Labute approximate surface area is 146 Å². The minimum absolute atomic E-state index is 0.0476. The van der Waals surface area contributed by atoms with E-state index < -0.39 is 11.6 Å². The number of hydrogen-bond acceptors (Lipinski definition) is 2. The van der Waals surface area contributed by atoms with Gasteiger partial charge in [0.1, 0.15) is 11.6 Å². The van der Waals surface area contributed by atoms with E-state index in [1.807, 2.05) is 10.9 Å². The van der Waals surface area contributed by atoms with Gasteiger partial charge in [-0.3, -0.25) is 9.48 Å². The molecule has 2 unspecified atom stereocenters. The number of aromatic nitrogens is 2. The second kappa shape index (κ2) is 5.95. The average Bonchev–Trinajstić information content (AvgIpc) is 3.08. The zero-order valence-electron chi connectivity index (χ0n) is 12.8. The molecule has 7 heteroatoms. The summed E-state index contributed by atoms with van der Waals surface area (Å²) in [5, 5.41) is 4.35. The molecule has 4 rings (SSSR count). The van der Waals surface area contributed by atoms with Crippen LogP contribution in [-0.2, 0) is 0 Å². The molecule has 0 radical (unpaired) electrons. The van der Waals surface area contributed by atoms with Gasteiger partial charge in [0.05, 0.1) is 22.3 Å². The van der Waals surface area contributed by atoms with Crippen LogP contribution in [-0.4, -0.2) is 32.7 Å². The van der Waals surface area contributed by atoms with Crippen LogP contribution >= 0.6 is 15.9 Å². The quantitative estimate of drug-likeness (QED) is 0.772. The lowest BCUT2D eigenvalue weighted by molar-refractivity contribution is 0.0519. The zero-order chi connectivity index (χ0) is 16.8. The van der Waals surface area contributed by atoms with Gasteiger partial charge in [0, 0.05) is 24.3 Å². The Morgan fingerprint density at radius 1 is 1.17 bits per heavy atom. The Morgan fingerprint density at radius 3 is 2.46 bits per heavy atom. The van der Waals surface area contributed by atoms with Crippen molar-refractivity contribution < 1.29 is 13.6 Å². The third kappa shape index (κ3) is 2.64. The third-order valence-electron chi connectivity index (χ3n) is 5.05. The molecule has 2 atom stereocenters. The first kappa shape index (κ1) is 15.7. The fourth-order valence-electron chi connectivity index (χ4n) is 4.01. The Kier molecular flexibility index (Phi) is 3.90. The fraction of sp³-hybridized carbons (Fsp3) is 0.412. The first-order valence-electron chi connectivity index (χ1n) is 8.00. The molecule has 2 aromatic rings. The highest BCUT2D eigenvalue weighted by molar-refractivity contribution is 9.10. The van der Waals surface area contributed by atoms with Crippen LogP contribution in [0.1, 0.15) is 42.1 Å². The van der Waals surface area contributed by atoms with Crippen molar-refractivity contribution in [2.75, 3.05) is 0 Å². The van der Waals surface area contributed by atoms with Crippen LogP contribution in [0.2, 0.25) is 0 Å². The lowest BCUT2D eigenvalue weighted by Crippen LogP contribution is -2.47. The van der Waals surface area contributed by atoms with E-state index in [1.165, 1.54) is 6.07 Å². The monoisotopic (exact) mass is 395 g/mol. The van der Waals surface area contributed by atoms with E-state index in [0.717, 1.165) is 42.3 Å². The number of halogens is 3. The fourth-order valence-corrected chi connectivity index (χ4v) is 4.31. The molecule has 0 spiro atoms.